The lowest BCUT2D eigenvalue weighted by Crippen LogP contribution is -2.47. The summed E-state index contributed by atoms with van der Waals surface area (Å²) in [7, 11) is 0. The highest BCUT2D eigenvalue weighted by atomic mass is 32.2. The number of fused-ring (bicyclic) bond motifs is 1. The Kier molecular flexibility index (Phi) is 5.69. The predicted octanol–water partition coefficient (Wildman–Crippen LogP) is 1.46. The molecular weight excluding hydrogens is 394 g/mol. The van der Waals surface area contributed by atoms with Crippen molar-refractivity contribution in [2.24, 2.45) is 0 Å². The van der Waals surface area contributed by atoms with Crippen LogP contribution in [0.15, 0.2) is 24.3 Å². The Morgan fingerprint density at radius 2 is 2.00 bits per heavy atom. The number of hydrogen-bond donors (Lipinski definition) is 1. The lowest BCUT2D eigenvalue weighted by Gasteiger charge is -2.29. The normalized spacial score (nSPS) is 26.4. The number of thioether (sulfide) groups is 1. The van der Waals surface area contributed by atoms with Crippen LogP contribution < -0.4 is 10.2 Å². The van der Waals surface area contributed by atoms with Gasteiger partial charge in [-0.25, -0.2) is 4.79 Å². The minimum Gasteiger partial charge on any atom is -0.454 e. The summed E-state index contributed by atoms with van der Waals surface area (Å²) < 4.78 is 10.6. The Bertz CT molecular complexity index is 796. The Morgan fingerprint density at radius 3 is 2.72 bits per heavy atom. The number of morpholine rings is 1. The highest BCUT2D eigenvalue weighted by Crippen LogP contribution is 2.47. The molecule has 156 valence electrons. The summed E-state index contributed by atoms with van der Waals surface area (Å²) in [4.78, 5) is 40.2. The van der Waals surface area contributed by atoms with Crippen molar-refractivity contribution < 1.29 is 23.9 Å². The molecule has 3 aliphatic rings. The van der Waals surface area contributed by atoms with Gasteiger partial charge in [-0.05, 0) is 37.6 Å². The summed E-state index contributed by atoms with van der Waals surface area (Å²) >= 11 is 1.60. The van der Waals surface area contributed by atoms with Crippen molar-refractivity contribution >= 4 is 40.9 Å². The van der Waals surface area contributed by atoms with Crippen LogP contribution in [0.2, 0.25) is 0 Å². The largest absolute Gasteiger partial charge is 0.454 e. The van der Waals surface area contributed by atoms with E-state index in [1.54, 1.807) is 16.7 Å². The number of esters is 1. The van der Waals surface area contributed by atoms with Gasteiger partial charge in [0.1, 0.15) is 6.04 Å². The van der Waals surface area contributed by atoms with E-state index < -0.39 is 17.9 Å². The maximum atomic E-state index is 12.4. The molecule has 2 atom stereocenters. The van der Waals surface area contributed by atoms with Crippen molar-refractivity contribution in [3.63, 3.8) is 0 Å². The third kappa shape index (κ3) is 4.20. The lowest BCUT2D eigenvalue weighted by atomic mass is 10.2. The summed E-state index contributed by atoms with van der Waals surface area (Å²) in [6.07, 6.45) is 1.19. The van der Waals surface area contributed by atoms with Crippen molar-refractivity contribution in [1.82, 2.24) is 4.90 Å². The lowest BCUT2D eigenvalue weighted by molar-refractivity contribution is -0.155. The number of carbonyl (C=O) groups is 3. The van der Waals surface area contributed by atoms with Crippen LogP contribution in [0.1, 0.15) is 19.8 Å². The predicted molar refractivity (Wildman–Crippen MR) is 110 cm³/mol. The molecule has 3 saturated heterocycles. The van der Waals surface area contributed by atoms with Gasteiger partial charge in [0.2, 0.25) is 5.91 Å². The van der Waals surface area contributed by atoms with E-state index in [2.05, 4.69) is 10.2 Å². The minimum atomic E-state index is -0.611. The molecule has 0 radical (unpaired) electrons. The summed E-state index contributed by atoms with van der Waals surface area (Å²) in [6, 6.07) is 6.94. The zero-order chi connectivity index (χ0) is 20.4. The molecule has 0 saturated carbocycles. The highest BCUT2D eigenvalue weighted by Gasteiger charge is 2.53. The van der Waals surface area contributed by atoms with Gasteiger partial charge in [0.25, 0.3) is 5.91 Å². The second-order valence-electron chi connectivity index (χ2n) is 7.57. The molecular formula is C20H25N3O5S. The topological polar surface area (TPSA) is 88.2 Å². The van der Waals surface area contributed by atoms with E-state index in [0.717, 1.165) is 25.2 Å². The van der Waals surface area contributed by atoms with Gasteiger partial charge in [-0.3, -0.25) is 9.59 Å². The van der Waals surface area contributed by atoms with Gasteiger partial charge >= 0.3 is 5.97 Å². The number of amides is 2. The fourth-order valence-corrected chi connectivity index (χ4v) is 5.42. The number of benzene rings is 1. The molecule has 3 fully saturated rings. The average molecular weight is 420 g/mol. The molecule has 1 N–H and O–H groups in total. The van der Waals surface area contributed by atoms with E-state index in [9.17, 15) is 14.4 Å². The third-order valence-electron chi connectivity index (χ3n) is 5.59. The van der Waals surface area contributed by atoms with E-state index in [4.69, 9.17) is 9.47 Å². The van der Waals surface area contributed by atoms with Gasteiger partial charge < -0.3 is 24.6 Å². The average Bonchev–Trinajstić information content (AvgIpc) is 3.23. The number of rotatable bonds is 5. The van der Waals surface area contributed by atoms with Gasteiger partial charge in [-0.1, -0.05) is 0 Å². The molecule has 0 unspecified atom stereocenters. The fraction of sp³-hybridized carbons (Fsp3) is 0.550. The molecule has 3 heterocycles. The van der Waals surface area contributed by atoms with Gasteiger partial charge in [0.15, 0.2) is 6.61 Å². The van der Waals surface area contributed by atoms with Crippen LogP contribution in [0.4, 0.5) is 11.4 Å². The van der Waals surface area contributed by atoms with Crippen molar-refractivity contribution in [3.05, 3.63) is 24.3 Å². The van der Waals surface area contributed by atoms with Crippen LogP contribution in [-0.2, 0) is 23.9 Å². The van der Waals surface area contributed by atoms with Crippen LogP contribution in [-0.4, -0.2) is 72.3 Å². The monoisotopic (exact) mass is 419 g/mol. The molecule has 8 nitrogen and oxygen atoms in total. The third-order valence-corrected chi connectivity index (χ3v) is 7.09. The Hall–Kier alpha value is -2.26. The summed E-state index contributed by atoms with van der Waals surface area (Å²) in [5.74, 6) is -0.441. The first kappa shape index (κ1) is 20.0. The van der Waals surface area contributed by atoms with E-state index in [0.29, 0.717) is 31.1 Å². The molecule has 0 aromatic heterocycles. The van der Waals surface area contributed by atoms with Crippen LogP contribution in [0.3, 0.4) is 0 Å². The molecule has 3 aliphatic heterocycles. The molecule has 29 heavy (non-hydrogen) atoms. The first-order valence-electron chi connectivity index (χ1n) is 9.82. The second-order valence-corrected chi connectivity index (χ2v) is 9.07. The molecule has 0 bridgehead atoms. The van der Waals surface area contributed by atoms with E-state index >= 15 is 0 Å². The van der Waals surface area contributed by atoms with E-state index in [-0.39, 0.29) is 17.4 Å². The Morgan fingerprint density at radius 1 is 1.28 bits per heavy atom. The summed E-state index contributed by atoms with van der Waals surface area (Å²) in [5, 5.41) is 2.74. The van der Waals surface area contributed by atoms with Crippen LogP contribution in [0.25, 0.3) is 0 Å². The van der Waals surface area contributed by atoms with Crippen molar-refractivity contribution in [2.45, 2.75) is 30.7 Å². The van der Waals surface area contributed by atoms with E-state index in [1.807, 2.05) is 31.2 Å². The van der Waals surface area contributed by atoms with Crippen LogP contribution >= 0.6 is 11.8 Å². The van der Waals surface area contributed by atoms with Crippen molar-refractivity contribution in [3.8, 4) is 0 Å². The zero-order valence-electron chi connectivity index (χ0n) is 16.4. The quantitative estimate of drug-likeness (QED) is 0.723. The van der Waals surface area contributed by atoms with Crippen molar-refractivity contribution in [1.29, 1.82) is 0 Å². The molecule has 1 aromatic rings. The van der Waals surface area contributed by atoms with Gasteiger partial charge in [0.05, 0.1) is 18.1 Å². The smallest absolute Gasteiger partial charge is 0.330 e. The number of carbonyl (C=O) groups excluding carboxylic acids is 3. The Labute approximate surface area is 173 Å². The first-order valence-corrected chi connectivity index (χ1v) is 10.8. The maximum Gasteiger partial charge on any atom is 0.330 e. The van der Waals surface area contributed by atoms with Gasteiger partial charge in [-0.15, -0.1) is 11.8 Å². The number of anilines is 2. The number of hydrogen-bond acceptors (Lipinski definition) is 7. The molecule has 9 heteroatoms. The number of ether oxygens (including phenoxy) is 2. The van der Waals surface area contributed by atoms with Gasteiger partial charge in [0, 0.05) is 36.6 Å². The summed E-state index contributed by atoms with van der Waals surface area (Å²) in [6.45, 7) is 4.73. The number of nitrogens with one attached hydrogen (secondary N) is 1. The molecule has 2 amide bonds. The second kappa shape index (κ2) is 8.23. The minimum absolute atomic E-state index is 0.0238. The van der Waals surface area contributed by atoms with Crippen LogP contribution in [0.5, 0.6) is 0 Å². The first-order chi connectivity index (χ1) is 14.0. The molecule has 1 aromatic carbocycles. The fourth-order valence-electron chi connectivity index (χ4n) is 4.00. The summed E-state index contributed by atoms with van der Waals surface area (Å²) in [5.41, 5.74) is 1.72. The number of nitrogens with zero attached hydrogens (tertiary/aromatic N) is 2. The zero-order valence-corrected chi connectivity index (χ0v) is 17.2. The standard InChI is InChI=1S/C20H25N3O5S/c1-20-7-6-18(25)23(20)16(13-29-20)19(26)28-12-17(24)21-14-2-4-15(5-3-14)22-8-10-27-11-9-22/h2-5,16H,6-13H2,1H3,(H,21,24)/t16-,20+/m0/s1. The van der Waals surface area contributed by atoms with Crippen molar-refractivity contribution in [2.75, 3.05) is 48.9 Å². The molecule has 4 rings (SSSR count). The molecule has 0 spiro atoms. The maximum absolute atomic E-state index is 12.4. The molecule has 0 aliphatic carbocycles. The Balaban J connectivity index is 1.27. The van der Waals surface area contributed by atoms with Crippen LogP contribution in [0, 0.1) is 0 Å². The highest BCUT2D eigenvalue weighted by molar-refractivity contribution is 8.01. The van der Waals surface area contributed by atoms with Gasteiger partial charge in [-0.2, -0.15) is 0 Å². The van der Waals surface area contributed by atoms with E-state index in [1.165, 1.54) is 0 Å². The SMILES string of the molecule is C[C@@]12CCC(=O)N1[C@H](C(=O)OCC(=O)Nc1ccc(N3CCOCC3)cc1)CS2.